The van der Waals surface area contributed by atoms with Crippen LogP contribution in [0.25, 0.3) is 0 Å². The Hall–Kier alpha value is -0.740. The van der Waals surface area contributed by atoms with E-state index in [0.29, 0.717) is 5.15 Å². The molecule has 1 saturated heterocycles. The molecule has 80 valence electrons. The average Bonchev–Trinajstić information content (AvgIpc) is 2.69. The summed E-state index contributed by atoms with van der Waals surface area (Å²) in [7, 11) is 1.83. The third kappa shape index (κ3) is 2.63. The Morgan fingerprint density at radius 1 is 1.60 bits per heavy atom. The lowest BCUT2D eigenvalue weighted by Crippen LogP contribution is -2.23. The zero-order valence-electron chi connectivity index (χ0n) is 8.48. The van der Waals surface area contributed by atoms with Crippen LogP contribution in [0.15, 0.2) is 23.3 Å². The van der Waals surface area contributed by atoms with Gasteiger partial charge in [-0.25, -0.2) is 4.98 Å². The highest BCUT2D eigenvalue weighted by molar-refractivity contribution is 8.14. The molecule has 5 heteroatoms. The van der Waals surface area contributed by atoms with Crippen LogP contribution in [0.2, 0.25) is 5.15 Å². The second kappa shape index (κ2) is 4.86. The maximum Gasteiger partial charge on any atom is 0.159 e. The first-order valence-electron chi connectivity index (χ1n) is 4.74. The minimum Gasteiger partial charge on any atom is -0.346 e. The van der Waals surface area contributed by atoms with Crippen molar-refractivity contribution in [1.29, 1.82) is 0 Å². The van der Waals surface area contributed by atoms with Crippen molar-refractivity contribution in [1.82, 2.24) is 9.88 Å². The quantitative estimate of drug-likeness (QED) is 0.744. The first kappa shape index (κ1) is 10.8. The van der Waals surface area contributed by atoms with Crippen molar-refractivity contribution in [3.05, 3.63) is 29.0 Å². The molecule has 0 bridgehead atoms. The largest absolute Gasteiger partial charge is 0.346 e. The predicted octanol–water partition coefficient (Wildman–Crippen LogP) is 2.27. The fourth-order valence-corrected chi connectivity index (χ4v) is 2.58. The fourth-order valence-electron chi connectivity index (χ4n) is 1.51. The first-order valence-corrected chi connectivity index (χ1v) is 6.11. The first-order chi connectivity index (χ1) is 7.29. The Kier molecular flexibility index (Phi) is 3.49. The Labute approximate surface area is 98.6 Å². The van der Waals surface area contributed by atoms with Crippen LogP contribution in [0.1, 0.15) is 5.56 Å². The molecule has 1 aromatic rings. The van der Waals surface area contributed by atoms with Crippen LogP contribution in [0.5, 0.6) is 0 Å². The summed E-state index contributed by atoms with van der Waals surface area (Å²) in [6.45, 7) is 1.92. The van der Waals surface area contributed by atoms with Crippen molar-refractivity contribution in [2.24, 2.45) is 4.99 Å². The van der Waals surface area contributed by atoms with Gasteiger partial charge in [0.1, 0.15) is 5.15 Å². The molecule has 15 heavy (non-hydrogen) atoms. The predicted molar refractivity (Wildman–Crippen MR) is 65.5 cm³/mol. The second-order valence-corrected chi connectivity index (χ2v) is 4.71. The summed E-state index contributed by atoms with van der Waals surface area (Å²) in [4.78, 5) is 10.6. The number of rotatable bonds is 2. The molecule has 0 N–H and O–H groups in total. The van der Waals surface area contributed by atoms with Crippen molar-refractivity contribution < 1.29 is 0 Å². The molecule has 0 spiro atoms. The highest BCUT2D eigenvalue weighted by atomic mass is 35.5. The van der Waals surface area contributed by atoms with Gasteiger partial charge in [-0.1, -0.05) is 29.4 Å². The monoisotopic (exact) mass is 241 g/mol. The number of thioether (sulfide) groups is 1. The number of aliphatic imine (C=N–C) groups is 1. The minimum atomic E-state index is 0.541. The SMILES string of the molecule is CN=C1SCCN1Cc1ccc(Cl)nc1. The zero-order valence-corrected chi connectivity index (χ0v) is 10.1. The summed E-state index contributed by atoms with van der Waals surface area (Å²) in [6, 6.07) is 3.83. The number of halogens is 1. The second-order valence-electron chi connectivity index (χ2n) is 3.27. The normalized spacial score (nSPS) is 18.8. The summed E-state index contributed by atoms with van der Waals surface area (Å²) in [5.74, 6) is 1.12. The van der Waals surface area contributed by atoms with Crippen molar-refractivity contribution in [3.63, 3.8) is 0 Å². The molecule has 0 aromatic carbocycles. The lowest BCUT2D eigenvalue weighted by atomic mass is 10.3. The van der Waals surface area contributed by atoms with E-state index < -0.39 is 0 Å². The molecule has 0 unspecified atom stereocenters. The van der Waals surface area contributed by atoms with Gasteiger partial charge in [0, 0.05) is 32.1 Å². The van der Waals surface area contributed by atoms with E-state index in [1.54, 1.807) is 11.8 Å². The van der Waals surface area contributed by atoms with Gasteiger partial charge >= 0.3 is 0 Å². The van der Waals surface area contributed by atoms with Crippen molar-refractivity contribution in [3.8, 4) is 0 Å². The number of aromatic nitrogens is 1. The van der Waals surface area contributed by atoms with Gasteiger partial charge in [-0.3, -0.25) is 4.99 Å². The smallest absolute Gasteiger partial charge is 0.159 e. The topological polar surface area (TPSA) is 28.5 Å². The van der Waals surface area contributed by atoms with Gasteiger partial charge in [0.25, 0.3) is 0 Å². The highest BCUT2D eigenvalue weighted by Crippen LogP contribution is 2.20. The maximum atomic E-state index is 5.73. The van der Waals surface area contributed by atoms with Crippen LogP contribution >= 0.6 is 23.4 Å². The van der Waals surface area contributed by atoms with E-state index in [1.807, 2.05) is 25.4 Å². The van der Waals surface area contributed by atoms with Gasteiger partial charge < -0.3 is 4.90 Å². The fraction of sp³-hybridized carbons (Fsp3) is 0.400. The maximum absolute atomic E-state index is 5.73. The molecule has 1 aliphatic heterocycles. The molecule has 3 nitrogen and oxygen atoms in total. The van der Waals surface area contributed by atoms with Gasteiger partial charge in [-0.2, -0.15) is 0 Å². The van der Waals surface area contributed by atoms with E-state index >= 15 is 0 Å². The van der Waals surface area contributed by atoms with Gasteiger partial charge in [-0.05, 0) is 11.6 Å². The molecule has 0 aliphatic carbocycles. The Balaban J connectivity index is 2.05. The summed E-state index contributed by atoms with van der Waals surface area (Å²) < 4.78 is 0. The molecule has 1 aromatic heterocycles. The zero-order chi connectivity index (χ0) is 10.7. The molecule has 0 saturated carbocycles. The van der Waals surface area contributed by atoms with Crippen LogP contribution in [0.4, 0.5) is 0 Å². The van der Waals surface area contributed by atoms with Crippen LogP contribution in [-0.4, -0.2) is 34.4 Å². The standard InChI is InChI=1S/C10H12ClN3S/c1-12-10-14(4-5-15-10)7-8-2-3-9(11)13-6-8/h2-3,6H,4-5,7H2,1H3. The van der Waals surface area contributed by atoms with Crippen LogP contribution in [-0.2, 0) is 6.54 Å². The van der Waals surface area contributed by atoms with Gasteiger partial charge in [0.05, 0.1) is 0 Å². The third-order valence-corrected chi connectivity index (χ3v) is 3.53. The Morgan fingerprint density at radius 3 is 3.13 bits per heavy atom. The van der Waals surface area contributed by atoms with E-state index in [0.717, 1.165) is 24.0 Å². The van der Waals surface area contributed by atoms with Crippen LogP contribution in [0.3, 0.4) is 0 Å². The summed E-state index contributed by atoms with van der Waals surface area (Å²) in [6.07, 6.45) is 1.82. The van der Waals surface area contributed by atoms with Gasteiger partial charge in [-0.15, -0.1) is 0 Å². The van der Waals surface area contributed by atoms with E-state index in [-0.39, 0.29) is 0 Å². The van der Waals surface area contributed by atoms with Gasteiger partial charge in [0.2, 0.25) is 0 Å². The van der Waals surface area contributed by atoms with Crippen molar-refractivity contribution in [2.75, 3.05) is 19.3 Å². The lowest BCUT2D eigenvalue weighted by molar-refractivity contribution is 0.456. The van der Waals surface area contributed by atoms with Crippen LogP contribution in [0, 0.1) is 0 Å². The van der Waals surface area contributed by atoms with E-state index in [9.17, 15) is 0 Å². The number of hydrogen-bond donors (Lipinski definition) is 0. The molecular weight excluding hydrogens is 230 g/mol. The number of pyridine rings is 1. The van der Waals surface area contributed by atoms with E-state index in [2.05, 4.69) is 14.9 Å². The molecule has 0 atom stereocenters. The molecule has 2 rings (SSSR count). The molecule has 2 heterocycles. The summed E-state index contributed by atoms with van der Waals surface area (Å²) in [5.41, 5.74) is 1.17. The molecule has 1 aliphatic rings. The average molecular weight is 242 g/mol. The number of hydrogen-bond acceptors (Lipinski definition) is 3. The Bertz CT molecular complexity index is 363. The molecule has 0 radical (unpaired) electrons. The summed E-state index contributed by atoms with van der Waals surface area (Å²) >= 11 is 7.53. The number of amidine groups is 1. The van der Waals surface area contributed by atoms with Crippen molar-refractivity contribution in [2.45, 2.75) is 6.54 Å². The van der Waals surface area contributed by atoms with Crippen molar-refractivity contribution >= 4 is 28.5 Å². The van der Waals surface area contributed by atoms with E-state index in [1.165, 1.54) is 5.56 Å². The summed E-state index contributed by atoms with van der Waals surface area (Å²) in [5, 5.41) is 1.66. The van der Waals surface area contributed by atoms with E-state index in [4.69, 9.17) is 11.6 Å². The molecule has 0 amide bonds. The highest BCUT2D eigenvalue weighted by Gasteiger charge is 2.18. The number of nitrogens with zero attached hydrogens (tertiary/aromatic N) is 3. The minimum absolute atomic E-state index is 0.541. The molecular formula is C10H12ClN3S. The van der Waals surface area contributed by atoms with Crippen LogP contribution < -0.4 is 0 Å². The Morgan fingerprint density at radius 2 is 2.47 bits per heavy atom. The van der Waals surface area contributed by atoms with Gasteiger partial charge in [0.15, 0.2) is 5.17 Å². The third-order valence-electron chi connectivity index (χ3n) is 2.22. The lowest BCUT2D eigenvalue weighted by Gasteiger charge is -2.17. The molecule has 1 fully saturated rings.